The average molecular weight is 1770 g/mol. The van der Waals surface area contributed by atoms with Crippen molar-refractivity contribution in [1.82, 2.24) is 9.55 Å². The second-order valence-corrected chi connectivity index (χ2v) is 34.1. The van der Waals surface area contributed by atoms with Gasteiger partial charge in [-0.25, -0.2) is 4.98 Å². The van der Waals surface area contributed by atoms with Gasteiger partial charge in [0.15, 0.2) is 0 Å². The van der Waals surface area contributed by atoms with Crippen molar-refractivity contribution >= 4 is 27.8 Å². The van der Waals surface area contributed by atoms with Gasteiger partial charge in [-0.15, -0.1) is 0 Å². The van der Waals surface area contributed by atoms with Crippen molar-refractivity contribution in [3.63, 3.8) is 0 Å². The number of hydrogen-bond acceptors (Lipinski definition) is 1. The topological polar surface area (TPSA) is 17.8 Å². The van der Waals surface area contributed by atoms with Gasteiger partial charge in [-0.2, -0.15) is 144 Å². The van der Waals surface area contributed by atoms with Gasteiger partial charge in [0.1, 0.15) is 5.82 Å². The quantitative estimate of drug-likeness (QED) is 0.139. The Labute approximate surface area is 803 Å². The molecule has 0 unspecified atom stereocenters. The third-order valence-electron chi connectivity index (χ3n) is 25.8. The van der Waals surface area contributed by atoms with Crippen LogP contribution in [0.4, 0.5) is 0 Å². The van der Waals surface area contributed by atoms with Crippen molar-refractivity contribution in [1.29, 1.82) is 0 Å². The van der Waals surface area contributed by atoms with Crippen LogP contribution in [0.2, 0.25) is 0 Å². The van der Waals surface area contributed by atoms with Gasteiger partial charge in [0.25, 0.3) is 0 Å². The second kappa shape index (κ2) is 41.8. The molecule has 132 heavy (non-hydrogen) atoms. The minimum absolute atomic E-state index is 0. The van der Waals surface area contributed by atoms with Crippen LogP contribution in [-0.4, -0.2) is 9.55 Å². The fraction of sp³-hybridized carbons (Fsp3) is 0.0775. The molecule has 27 rings (SSSR count). The van der Waals surface area contributed by atoms with Crippen LogP contribution < -0.4 is 0 Å². The molecule has 7 aliphatic rings. The smallest absolute Gasteiger partial charge is 0.118 e. The van der Waals surface area contributed by atoms with Crippen molar-refractivity contribution in [2.75, 3.05) is 0 Å². The molecule has 20 aromatic rings. The van der Waals surface area contributed by atoms with Crippen LogP contribution in [-0.2, 0) is 96.9 Å². The molecule has 2 heterocycles. The number of imidazole rings is 1. The zero-order valence-corrected chi connectivity index (χ0v) is 76.9. The monoisotopic (exact) mass is 1760 g/mol. The molecule has 19 aromatic carbocycles. The summed E-state index contributed by atoms with van der Waals surface area (Å²) in [7, 11) is 0. The van der Waals surface area contributed by atoms with Crippen LogP contribution >= 0.6 is 0 Å². The van der Waals surface area contributed by atoms with Crippen molar-refractivity contribution < 1.29 is 32.7 Å². The third-order valence-corrected chi connectivity index (χ3v) is 25.8. The summed E-state index contributed by atoms with van der Waals surface area (Å²) >= 11 is 0. The van der Waals surface area contributed by atoms with Gasteiger partial charge in [0.2, 0.25) is 0 Å². The molecule has 6 aliphatic carbocycles. The molecule has 0 saturated carbocycles. The van der Waals surface area contributed by atoms with Crippen LogP contribution in [0.25, 0.3) is 89.1 Å². The number of para-hydroxylation sites is 3. The van der Waals surface area contributed by atoms with E-state index in [1.807, 2.05) is 78.9 Å². The van der Waals surface area contributed by atoms with E-state index >= 15 is 0 Å². The summed E-state index contributed by atoms with van der Waals surface area (Å²) in [5.41, 5.74) is 49.6. The number of hydrogen-bond donors (Lipinski definition) is 0. The summed E-state index contributed by atoms with van der Waals surface area (Å²) in [4.78, 5) is 4.67. The first-order chi connectivity index (χ1) is 65.0. The first-order valence-electron chi connectivity index (χ1n) is 45.8. The first kappa shape index (κ1) is 86.6. The molecule has 0 fully saturated rings. The molecule has 0 N–H and O–H groups in total. The summed E-state index contributed by atoms with van der Waals surface area (Å²) in [6.07, 6.45) is 10.7. The summed E-state index contributed by atoms with van der Waals surface area (Å²) in [6, 6.07) is 179. The number of aromatic nitrogens is 2. The molecule has 0 atom stereocenters. The number of benzene rings is 19. The van der Waals surface area contributed by atoms with E-state index in [1.54, 1.807) is 16.7 Å². The maximum atomic E-state index is 4.67. The van der Waals surface area contributed by atoms with Gasteiger partial charge >= 0.3 is 0 Å². The number of fused-ring (bicyclic) bond motifs is 18. The Morgan fingerprint density at radius 1 is 0.212 bits per heavy atom. The van der Waals surface area contributed by atoms with Crippen LogP contribution in [0, 0.1) is 24.3 Å². The third kappa shape index (κ3) is 19.9. The van der Waals surface area contributed by atoms with E-state index in [-0.39, 0.29) is 32.7 Å². The molecular weight excluding hydrogens is 1670 g/mol. The molecule has 0 bridgehead atoms. The maximum absolute atomic E-state index is 4.67. The van der Waals surface area contributed by atoms with Crippen LogP contribution in [0.15, 0.2) is 479 Å². The van der Waals surface area contributed by atoms with Crippen LogP contribution in [0.5, 0.6) is 0 Å². The minimum atomic E-state index is 0. The second-order valence-electron chi connectivity index (χ2n) is 34.1. The number of allylic oxidation sites excluding steroid dienone is 3. The fourth-order valence-corrected chi connectivity index (χ4v) is 19.5. The van der Waals surface area contributed by atoms with Gasteiger partial charge in [-0.05, 0) is 244 Å². The molecule has 1 aromatic heterocycles. The Morgan fingerprint density at radius 2 is 0.485 bits per heavy atom. The summed E-state index contributed by atoms with van der Waals surface area (Å²) in [5, 5.41) is 0. The Balaban J connectivity index is 0.0000000991. The largest absolute Gasteiger partial charge is 0.296 e. The van der Waals surface area contributed by atoms with Gasteiger partial charge in [-0.1, -0.05) is 351 Å². The van der Waals surface area contributed by atoms with Gasteiger partial charge in [0.05, 0.1) is 16.7 Å². The zero-order chi connectivity index (χ0) is 87.7. The molecule has 0 saturated heterocycles. The summed E-state index contributed by atoms with van der Waals surface area (Å²) in [6.45, 7) is 0. The SMILES string of the molecule is [Y].[c-]1ccccc1Cc1[c-]cccc1.[c-]1ccccc1Cc1[c-]cccc1.c1ccc(-c2cc(-c3ccccc3)c(-c3ccccc3)cc2-c2ccccc2)cc1.c1ccc2c(c1)CC1=C2Cc2ccccc21.c1ccc2c(c1)CC1=C2c2ccccc2C1.c1ccc2c(c1)Cc1ccccc1-2.c1ccc2c(c1)Cc1ccccc1C2.c1ccc2c(c1)Cc1nc3ccccc3n1-2. The van der Waals surface area contributed by atoms with E-state index in [4.69, 9.17) is 0 Å². The maximum Gasteiger partial charge on any atom is 0.118 e. The normalized spacial score (nSPS) is 12.4. The summed E-state index contributed by atoms with van der Waals surface area (Å²) < 4.78 is 2.27. The number of rotatable bonds is 8. The Kier molecular flexibility index (Phi) is 27.4. The van der Waals surface area contributed by atoms with Crippen LogP contribution in [0.3, 0.4) is 0 Å². The van der Waals surface area contributed by atoms with Gasteiger partial charge in [-0.3, -0.25) is 4.57 Å². The predicted molar refractivity (Wildman–Crippen MR) is 545 cm³/mol. The van der Waals surface area contributed by atoms with Crippen LogP contribution in [0.1, 0.15) is 112 Å². The molecule has 0 spiro atoms. The van der Waals surface area contributed by atoms with Crippen molar-refractivity contribution in [2.45, 2.75) is 64.2 Å². The van der Waals surface area contributed by atoms with Crippen molar-refractivity contribution in [2.24, 2.45) is 0 Å². The molecule has 2 nitrogen and oxygen atoms in total. The Hall–Kier alpha value is -14.8. The van der Waals surface area contributed by atoms with E-state index < -0.39 is 0 Å². The fourth-order valence-electron chi connectivity index (χ4n) is 19.5. The van der Waals surface area contributed by atoms with E-state index in [0.29, 0.717) is 0 Å². The molecule has 3 heteroatoms. The summed E-state index contributed by atoms with van der Waals surface area (Å²) in [5.74, 6) is 1.16. The minimum Gasteiger partial charge on any atom is -0.296 e. The first-order valence-corrected chi connectivity index (χ1v) is 45.8. The average Bonchev–Trinajstić information content (AvgIpc) is 1.59. The van der Waals surface area contributed by atoms with Gasteiger partial charge in [0, 0.05) is 39.1 Å². The van der Waals surface area contributed by atoms with Gasteiger partial charge < -0.3 is 0 Å². The molecule has 1 radical (unpaired) electrons. The van der Waals surface area contributed by atoms with E-state index in [2.05, 4.69) is 428 Å². The number of nitrogens with zero attached hydrogens (tertiary/aromatic N) is 2. The molecule has 631 valence electrons. The Bertz CT molecular complexity index is 6810. The molecule has 1 aliphatic heterocycles. The van der Waals surface area contributed by atoms with E-state index in [9.17, 15) is 0 Å². The zero-order valence-electron chi connectivity index (χ0n) is 74.1. The standard InChI is InChI=1S/C30H22.2C16H12.C14H10N2.C14H12.3C13H10.Y/c1-5-13-23(14-6-1)27-21-29(25-17-9-3-10-18-25)30(26-19-11-4-12-20-26)22-28(27)24-15-7-2-8-16-24;1-3-7-14-11(5-1)9-13-10-12-6-2-4-8-15(12)16(13)14;1-3-7-13-11(5-1)9-15-14-8-4-2-6-12(14)10-16(13)15;1-3-7-12-10(5-1)9-14-15-11-6-2-4-8-13(11)16(12)14;1-2-6-12-10-14-8-4-3-7-13(14)9-11(12)5-1;1-3-7-12-10(5-1)9-11-6-2-4-8-13(11)12;2*1-3-7-12(8-4-1)11-13-9-5-2-6-10-13;/h1-22H;2*1-8H,9-10H2;1-8H,9H2;1-8H,9-10H2;1-8H,9H2;2*1-7,9H,11H2;/q;;;;;;2*-2;. The van der Waals surface area contributed by atoms with E-state index in [1.165, 1.54) is 178 Å². The molecule has 0 amide bonds. The molecular formula is C129H98N2Y-4. The van der Waals surface area contributed by atoms with Crippen molar-refractivity contribution in [3.05, 3.63) is 615 Å². The predicted octanol–water partition coefficient (Wildman–Crippen LogP) is 30.8. The van der Waals surface area contributed by atoms with Crippen molar-refractivity contribution in [3.8, 4) is 61.3 Å². The van der Waals surface area contributed by atoms with E-state index in [0.717, 1.165) is 75.5 Å². The Morgan fingerprint density at radius 3 is 0.841 bits per heavy atom.